The lowest BCUT2D eigenvalue weighted by Gasteiger charge is -1.89. The molecule has 0 N–H and O–H groups in total. The standard InChI is InChI=1S/C11H5N3O/c12-6-7-10-8(3-5-13-7)15-9-2-1-4-14-11(9)10/h1-5H. The third kappa shape index (κ3) is 1.00. The molecule has 0 fully saturated rings. The number of rotatable bonds is 0. The van der Waals surface area contributed by atoms with Gasteiger partial charge in [-0.2, -0.15) is 5.26 Å². The molecule has 70 valence electrons. The molecule has 3 heterocycles. The molecule has 4 heteroatoms. The Hall–Kier alpha value is -2.41. The second-order valence-electron chi connectivity index (χ2n) is 3.10. The van der Waals surface area contributed by atoms with Crippen LogP contribution in [0.25, 0.3) is 22.1 Å². The number of nitrogens with zero attached hydrogens (tertiary/aromatic N) is 3. The van der Waals surface area contributed by atoms with Crippen LogP contribution in [0.1, 0.15) is 5.69 Å². The molecule has 3 aromatic rings. The SMILES string of the molecule is N#Cc1nccc2oc3cccnc3c12. The number of aromatic nitrogens is 2. The van der Waals surface area contributed by atoms with Crippen LogP contribution in [0.2, 0.25) is 0 Å². The van der Waals surface area contributed by atoms with Crippen molar-refractivity contribution in [1.82, 2.24) is 9.97 Å². The molecule has 0 aliphatic rings. The van der Waals surface area contributed by atoms with Gasteiger partial charge in [0, 0.05) is 12.4 Å². The number of hydrogen-bond acceptors (Lipinski definition) is 4. The van der Waals surface area contributed by atoms with Gasteiger partial charge in [0.1, 0.15) is 17.2 Å². The molecule has 0 aliphatic heterocycles. The van der Waals surface area contributed by atoms with Gasteiger partial charge in [0.05, 0.1) is 5.39 Å². The first-order valence-corrected chi connectivity index (χ1v) is 4.42. The highest BCUT2D eigenvalue weighted by Gasteiger charge is 2.11. The maximum Gasteiger partial charge on any atom is 0.153 e. The van der Waals surface area contributed by atoms with E-state index in [9.17, 15) is 0 Å². The van der Waals surface area contributed by atoms with Crippen molar-refractivity contribution in [3.8, 4) is 6.07 Å². The van der Waals surface area contributed by atoms with E-state index in [1.54, 1.807) is 24.5 Å². The highest BCUT2D eigenvalue weighted by atomic mass is 16.3. The van der Waals surface area contributed by atoms with E-state index in [-0.39, 0.29) is 0 Å². The number of pyridine rings is 2. The summed E-state index contributed by atoms with van der Waals surface area (Å²) in [5.41, 5.74) is 2.37. The average Bonchev–Trinajstić information content (AvgIpc) is 2.67. The summed E-state index contributed by atoms with van der Waals surface area (Å²) >= 11 is 0. The first-order chi connectivity index (χ1) is 7.40. The molecule has 0 radical (unpaired) electrons. The second-order valence-corrected chi connectivity index (χ2v) is 3.10. The van der Waals surface area contributed by atoms with Gasteiger partial charge < -0.3 is 4.42 Å². The molecule has 0 unspecified atom stereocenters. The van der Waals surface area contributed by atoms with Crippen LogP contribution in [-0.4, -0.2) is 9.97 Å². The lowest BCUT2D eigenvalue weighted by Crippen LogP contribution is -1.82. The van der Waals surface area contributed by atoms with Gasteiger partial charge in [-0.3, -0.25) is 4.98 Å². The molecule has 15 heavy (non-hydrogen) atoms. The molecular formula is C11H5N3O. The fraction of sp³-hybridized carbons (Fsp3) is 0. The smallest absolute Gasteiger partial charge is 0.153 e. The molecule has 0 saturated carbocycles. The Morgan fingerprint density at radius 3 is 2.93 bits per heavy atom. The van der Waals surface area contributed by atoms with Gasteiger partial charge in [-0.1, -0.05) is 0 Å². The van der Waals surface area contributed by atoms with Crippen molar-refractivity contribution in [3.63, 3.8) is 0 Å². The first kappa shape index (κ1) is 7.94. The molecule has 0 amide bonds. The molecule has 0 spiro atoms. The van der Waals surface area contributed by atoms with Crippen LogP contribution in [0, 0.1) is 11.3 Å². The number of nitriles is 1. The molecule has 0 atom stereocenters. The first-order valence-electron chi connectivity index (χ1n) is 4.42. The lowest BCUT2D eigenvalue weighted by molar-refractivity contribution is 0.667. The molecule has 0 aliphatic carbocycles. The third-order valence-corrected chi connectivity index (χ3v) is 2.25. The van der Waals surface area contributed by atoms with Crippen LogP contribution in [0.3, 0.4) is 0 Å². The van der Waals surface area contributed by atoms with E-state index in [4.69, 9.17) is 9.68 Å². The van der Waals surface area contributed by atoms with Crippen molar-refractivity contribution in [2.75, 3.05) is 0 Å². The van der Waals surface area contributed by atoms with E-state index in [0.717, 1.165) is 0 Å². The van der Waals surface area contributed by atoms with Crippen LogP contribution in [-0.2, 0) is 0 Å². The van der Waals surface area contributed by atoms with E-state index in [0.29, 0.717) is 27.8 Å². The van der Waals surface area contributed by atoms with E-state index in [1.807, 2.05) is 12.1 Å². The van der Waals surface area contributed by atoms with Crippen LogP contribution in [0.4, 0.5) is 0 Å². The van der Waals surface area contributed by atoms with Crippen LogP contribution in [0.5, 0.6) is 0 Å². The van der Waals surface area contributed by atoms with Crippen molar-refractivity contribution in [2.24, 2.45) is 0 Å². The predicted molar refractivity (Wildman–Crippen MR) is 54.0 cm³/mol. The Morgan fingerprint density at radius 2 is 2.07 bits per heavy atom. The van der Waals surface area contributed by atoms with Gasteiger partial charge in [-0.15, -0.1) is 0 Å². The monoisotopic (exact) mass is 195 g/mol. The normalized spacial score (nSPS) is 10.6. The fourth-order valence-electron chi connectivity index (χ4n) is 1.62. The van der Waals surface area contributed by atoms with Crippen molar-refractivity contribution in [2.45, 2.75) is 0 Å². The van der Waals surface area contributed by atoms with Crippen LogP contribution < -0.4 is 0 Å². The molecule has 3 rings (SSSR count). The highest BCUT2D eigenvalue weighted by Crippen LogP contribution is 2.27. The highest BCUT2D eigenvalue weighted by molar-refractivity contribution is 6.04. The van der Waals surface area contributed by atoms with Crippen molar-refractivity contribution in [3.05, 3.63) is 36.3 Å². The zero-order valence-electron chi connectivity index (χ0n) is 7.64. The molecule has 0 saturated heterocycles. The topological polar surface area (TPSA) is 62.7 Å². The summed E-state index contributed by atoms with van der Waals surface area (Å²) in [6.45, 7) is 0. The Bertz CT molecular complexity index is 694. The van der Waals surface area contributed by atoms with Crippen LogP contribution >= 0.6 is 0 Å². The summed E-state index contributed by atoms with van der Waals surface area (Å²) in [6.07, 6.45) is 3.23. The van der Waals surface area contributed by atoms with Gasteiger partial charge in [-0.05, 0) is 18.2 Å². The summed E-state index contributed by atoms with van der Waals surface area (Å²) in [7, 11) is 0. The summed E-state index contributed by atoms with van der Waals surface area (Å²) in [5, 5.41) is 9.62. The van der Waals surface area contributed by atoms with E-state index in [2.05, 4.69) is 9.97 Å². The summed E-state index contributed by atoms with van der Waals surface area (Å²) < 4.78 is 5.54. The number of hydrogen-bond donors (Lipinski definition) is 0. The van der Waals surface area contributed by atoms with E-state index < -0.39 is 0 Å². The molecule has 0 bridgehead atoms. The van der Waals surface area contributed by atoms with Crippen molar-refractivity contribution in [1.29, 1.82) is 5.26 Å². The number of fused-ring (bicyclic) bond motifs is 3. The summed E-state index contributed by atoms with van der Waals surface area (Å²) in [6, 6.07) is 7.39. The quantitative estimate of drug-likeness (QED) is 0.551. The Kier molecular flexibility index (Phi) is 1.48. The van der Waals surface area contributed by atoms with Crippen LogP contribution in [0.15, 0.2) is 35.0 Å². The van der Waals surface area contributed by atoms with Crippen molar-refractivity contribution < 1.29 is 4.42 Å². The van der Waals surface area contributed by atoms with Gasteiger partial charge in [0.2, 0.25) is 0 Å². The Balaban J connectivity index is 2.64. The van der Waals surface area contributed by atoms with E-state index in [1.165, 1.54) is 0 Å². The fourth-order valence-corrected chi connectivity index (χ4v) is 1.62. The van der Waals surface area contributed by atoms with Gasteiger partial charge in [0.15, 0.2) is 11.3 Å². The number of furan rings is 1. The molecule has 4 nitrogen and oxygen atoms in total. The van der Waals surface area contributed by atoms with Gasteiger partial charge in [-0.25, -0.2) is 4.98 Å². The second kappa shape index (κ2) is 2.79. The predicted octanol–water partition coefficient (Wildman–Crippen LogP) is 2.25. The minimum Gasteiger partial charge on any atom is -0.454 e. The Morgan fingerprint density at radius 1 is 1.13 bits per heavy atom. The van der Waals surface area contributed by atoms with Crippen molar-refractivity contribution >= 4 is 22.1 Å². The zero-order chi connectivity index (χ0) is 10.3. The minimum atomic E-state index is 0.352. The van der Waals surface area contributed by atoms with Gasteiger partial charge >= 0.3 is 0 Å². The summed E-state index contributed by atoms with van der Waals surface area (Å²) in [4.78, 5) is 8.18. The Labute approximate surface area is 84.8 Å². The largest absolute Gasteiger partial charge is 0.454 e. The molecule has 3 aromatic heterocycles. The van der Waals surface area contributed by atoms with Gasteiger partial charge in [0.25, 0.3) is 0 Å². The zero-order valence-corrected chi connectivity index (χ0v) is 7.64. The molecule has 0 aromatic carbocycles. The maximum absolute atomic E-state index is 8.93. The third-order valence-electron chi connectivity index (χ3n) is 2.25. The minimum absolute atomic E-state index is 0.352. The maximum atomic E-state index is 8.93. The van der Waals surface area contributed by atoms with E-state index >= 15 is 0 Å². The molecular weight excluding hydrogens is 190 g/mol. The average molecular weight is 195 g/mol. The lowest BCUT2D eigenvalue weighted by atomic mass is 10.2. The summed E-state index contributed by atoms with van der Waals surface area (Å²) in [5.74, 6) is 0.